The summed E-state index contributed by atoms with van der Waals surface area (Å²) >= 11 is 0. The van der Waals surface area contributed by atoms with Crippen LogP contribution in [0.5, 0.6) is 0 Å². The van der Waals surface area contributed by atoms with E-state index in [-0.39, 0.29) is 11.9 Å². The van der Waals surface area contributed by atoms with Crippen molar-refractivity contribution in [2.45, 2.75) is 31.9 Å². The molecule has 2 aromatic rings. The zero-order valence-electron chi connectivity index (χ0n) is 10.0. The number of aryl methyl sites for hydroxylation is 1. The van der Waals surface area contributed by atoms with E-state index in [4.69, 9.17) is 0 Å². The van der Waals surface area contributed by atoms with Gasteiger partial charge in [-0.1, -0.05) is 12.1 Å². The highest BCUT2D eigenvalue weighted by Crippen LogP contribution is 2.17. The molecule has 0 aliphatic carbocycles. The topological polar surface area (TPSA) is 38.1 Å². The minimum Gasteiger partial charge on any atom is -0.391 e. The molecule has 1 unspecified atom stereocenters. The number of rotatable bonds is 2. The summed E-state index contributed by atoms with van der Waals surface area (Å²) in [4.78, 5) is 4.54. The Morgan fingerprint density at radius 3 is 3.17 bits per heavy atom. The maximum Gasteiger partial charge on any atom is 0.123 e. The molecular formula is C14H15FN2O. The van der Waals surface area contributed by atoms with Crippen molar-refractivity contribution in [2.75, 3.05) is 0 Å². The van der Waals surface area contributed by atoms with Gasteiger partial charge in [0.15, 0.2) is 0 Å². The zero-order valence-corrected chi connectivity index (χ0v) is 10.0. The molecule has 18 heavy (non-hydrogen) atoms. The molecule has 3 rings (SSSR count). The quantitative estimate of drug-likeness (QED) is 0.879. The first-order valence-corrected chi connectivity index (χ1v) is 6.18. The SMILES string of the molecule is OC1CCc2nc(Cc3cccc(F)c3)cn2C1. The monoisotopic (exact) mass is 246 g/mol. The van der Waals surface area contributed by atoms with Gasteiger partial charge in [-0.05, 0) is 24.1 Å². The molecule has 94 valence electrons. The van der Waals surface area contributed by atoms with E-state index in [1.54, 1.807) is 6.07 Å². The number of benzene rings is 1. The number of hydrogen-bond donors (Lipinski definition) is 1. The molecule has 0 amide bonds. The lowest BCUT2D eigenvalue weighted by Gasteiger charge is -2.18. The Bertz CT molecular complexity index is 565. The van der Waals surface area contributed by atoms with Crippen molar-refractivity contribution in [2.24, 2.45) is 0 Å². The van der Waals surface area contributed by atoms with Gasteiger partial charge in [-0.15, -0.1) is 0 Å². The van der Waals surface area contributed by atoms with Crippen LogP contribution in [-0.2, 0) is 19.4 Å². The van der Waals surface area contributed by atoms with Crippen LogP contribution in [0.1, 0.15) is 23.5 Å². The number of aliphatic hydroxyl groups excluding tert-OH is 1. The van der Waals surface area contributed by atoms with E-state index in [1.807, 2.05) is 16.8 Å². The van der Waals surface area contributed by atoms with E-state index in [9.17, 15) is 9.50 Å². The van der Waals surface area contributed by atoms with Crippen LogP contribution in [0.2, 0.25) is 0 Å². The van der Waals surface area contributed by atoms with Crippen LogP contribution in [0.4, 0.5) is 4.39 Å². The lowest BCUT2D eigenvalue weighted by atomic mass is 10.1. The second-order valence-electron chi connectivity index (χ2n) is 4.80. The summed E-state index contributed by atoms with van der Waals surface area (Å²) in [5, 5.41) is 9.59. The summed E-state index contributed by atoms with van der Waals surface area (Å²) < 4.78 is 15.1. The lowest BCUT2D eigenvalue weighted by Crippen LogP contribution is -2.23. The van der Waals surface area contributed by atoms with Crippen LogP contribution < -0.4 is 0 Å². The van der Waals surface area contributed by atoms with E-state index < -0.39 is 0 Å². The molecule has 0 fully saturated rings. The first-order valence-electron chi connectivity index (χ1n) is 6.18. The van der Waals surface area contributed by atoms with Crippen molar-refractivity contribution in [3.8, 4) is 0 Å². The summed E-state index contributed by atoms with van der Waals surface area (Å²) in [5.74, 6) is 0.804. The molecule has 0 spiro atoms. The molecule has 3 nitrogen and oxygen atoms in total. The maximum atomic E-state index is 13.1. The van der Waals surface area contributed by atoms with E-state index in [2.05, 4.69) is 4.98 Å². The number of aliphatic hydroxyl groups is 1. The Morgan fingerprint density at radius 2 is 2.33 bits per heavy atom. The first-order chi connectivity index (χ1) is 8.70. The molecular weight excluding hydrogens is 231 g/mol. The molecule has 1 aromatic heterocycles. The average molecular weight is 246 g/mol. The van der Waals surface area contributed by atoms with Gasteiger partial charge in [-0.2, -0.15) is 0 Å². The smallest absolute Gasteiger partial charge is 0.123 e. The maximum absolute atomic E-state index is 13.1. The van der Waals surface area contributed by atoms with E-state index in [1.165, 1.54) is 12.1 Å². The summed E-state index contributed by atoms with van der Waals surface area (Å²) in [5.41, 5.74) is 1.86. The Hall–Kier alpha value is -1.68. The number of hydrogen-bond acceptors (Lipinski definition) is 2. The molecule has 2 heterocycles. The Kier molecular flexibility index (Phi) is 2.88. The lowest BCUT2D eigenvalue weighted by molar-refractivity contribution is 0.130. The minimum absolute atomic E-state index is 0.216. The van der Waals surface area contributed by atoms with Crippen molar-refractivity contribution in [3.05, 3.63) is 53.4 Å². The Balaban J connectivity index is 1.82. The van der Waals surface area contributed by atoms with Crippen molar-refractivity contribution < 1.29 is 9.50 Å². The number of halogens is 1. The predicted octanol–water partition coefficient (Wildman–Crippen LogP) is 1.92. The van der Waals surface area contributed by atoms with Gasteiger partial charge in [-0.3, -0.25) is 0 Å². The highest BCUT2D eigenvalue weighted by molar-refractivity contribution is 5.22. The minimum atomic E-state index is -0.270. The van der Waals surface area contributed by atoms with Crippen molar-refractivity contribution in [1.29, 1.82) is 0 Å². The van der Waals surface area contributed by atoms with Crippen molar-refractivity contribution in [1.82, 2.24) is 9.55 Å². The second kappa shape index (κ2) is 4.53. The number of fused-ring (bicyclic) bond motifs is 1. The average Bonchev–Trinajstić information content (AvgIpc) is 2.70. The molecule has 4 heteroatoms. The van der Waals surface area contributed by atoms with Gasteiger partial charge in [-0.25, -0.2) is 9.37 Å². The van der Waals surface area contributed by atoms with Gasteiger partial charge < -0.3 is 9.67 Å². The van der Waals surface area contributed by atoms with E-state index >= 15 is 0 Å². The van der Waals surface area contributed by atoms with Gasteiger partial charge in [0.2, 0.25) is 0 Å². The van der Waals surface area contributed by atoms with E-state index in [0.29, 0.717) is 13.0 Å². The van der Waals surface area contributed by atoms with Crippen LogP contribution >= 0.6 is 0 Å². The summed E-state index contributed by atoms with van der Waals surface area (Å²) in [6.07, 6.45) is 3.91. The predicted molar refractivity (Wildman–Crippen MR) is 65.8 cm³/mol. The highest BCUT2D eigenvalue weighted by atomic mass is 19.1. The third kappa shape index (κ3) is 2.29. The van der Waals surface area contributed by atoms with Crippen LogP contribution in [0.25, 0.3) is 0 Å². The highest BCUT2D eigenvalue weighted by Gasteiger charge is 2.18. The fourth-order valence-corrected chi connectivity index (χ4v) is 2.43. The summed E-state index contributed by atoms with van der Waals surface area (Å²) in [7, 11) is 0. The number of imidazole rings is 1. The van der Waals surface area contributed by atoms with Crippen LogP contribution in [0, 0.1) is 5.82 Å². The van der Waals surface area contributed by atoms with Crippen LogP contribution in [-0.4, -0.2) is 20.8 Å². The third-order valence-corrected chi connectivity index (χ3v) is 3.29. The molecule has 1 aliphatic rings. The van der Waals surface area contributed by atoms with Gasteiger partial charge in [0, 0.05) is 25.6 Å². The number of aromatic nitrogens is 2. The Morgan fingerprint density at radius 1 is 1.44 bits per heavy atom. The van der Waals surface area contributed by atoms with Crippen LogP contribution in [0.15, 0.2) is 30.5 Å². The standard InChI is InChI=1S/C14H15FN2O/c15-11-3-1-2-10(6-11)7-12-8-17-9-13(18)4-5-14(17)16-12/h1-3,6,8,13,18H,4-5,7,9H2. The van der Waals surface area contributed by atoms with Gasteiger partial charge >= 0.3 is 0 Å². The molecule has 0 radical (unpaired) electrons. The summed E-state index contributed by atoms with van der Waals surface area (Å²) in [6, 6.07) is 6.59. The first kappa shape index (κ1) is 11.4. The zero-order chi connectivity index (χ0) is 12.5. The van der Waals surface area contributed by atoms with E-state index in [0.717, 1.165) is 29.9 Å². The fraction of sp³-hybridized carbons (Fsp3) is 0.357. The van der Waals surface area contributed by atoms with Crippen molar-refractivity contribution >= 4 is 0 Å². The molecule has 1 atom stereocenters. The second-order valence-corrected chi connectivity index (χ2v) is 4.80. The van der Waals surface area contributed by atoms with Gasteiger partial charge in [0.25, 0.3) is 0 Å². The Labute approximate surface area is 105 Å². The fourth-order valence-electron chi connectivity index (χ4n) is 2.43. The largest absolute Gasteiger partial charge is 0.391 e. The normalized spacial score (nSPS) is 18.7. The molecule has 0 saturated carbocycles. The molecule has 1 aromatic carbocycles. The molecule has 0 bridgehead atoms. The molecule has 0 saturated heterocycles. The van der Waals surface area contributed by atoms with Crippen LogP contribution in [0.3, 0.4) is 0 Å². The molecule has 1 aliphatic heterocycles. The van der Waals surface area contributed by atoms with Gasteiger partial charge in [0.1, 0.15) is 11.6 Å². The van der Waals surface area contributed by atoms with Crippen molar-refractivity contribution in [3.63, 3.8) is 0 Å². The summed E-state index contributed by atoms with van der Waals surface area (Å²) in [6.45, 7) is 0.617. The molecule has 1 N–H and O–H groups in total. The third-order valence-electron chi connectivity index (χ3n) is 3.29. The van der Waals surface area contributed by atoms with Gasteiger partial charge in [0.05, 0.1) is 11.8 Å². The number of nitrogens with zero attached hydrogens (tertiary/aromatic N) is 2.